The lowest BCUT2D eigenvalue weighted by Gasteiger charge is -2.43. The number of allylic oxidation sites excluding steroid dienone is 3. The molecule has 8 heteroatoms. The highest BCUT2D eigenvalue weighted by molar-refractivity contribution is 7.92. The Kier molecular flexibility index (Phi) is 7.55. The molecule has 1 aliphatic carbocycles. The van der Waals surface area contributed by atoms with Gasteiger partial charge in [-0.25, -0.2) is 13.1 Å². The van der Waals surface area contributed by atoms with E-state index in [2.05, 4.69) is 28.8 Å². The van der Waals surface area contributed by atoms with Crippen molar-refractivity contribution in [1.29, 1.82) is 0 Å². The number of benzene rings is 1. The van der Waals surface area contributed by atoms with Gasteiger partial charge in [0.05, 0.1) is 5.56 Å². The lowest BCUT2D eigenvalue weighted by atomic mass is 9.70. The molecule has 0 saturated carbocycles. The minimum absolute atomic E-state index is 0.0603. The Balaban J connectivity index is 1.81. The van der Waals surface area contributed by atoms with Crippen LogP contribution in [0.2, 0.25) is 0 Å². The van der Waals surface area contributed by atoms with Gasteiger partial charge in [-0.2, -0.15) is 13.2 Å². The molecule has 1 aromatic carbocycles. The predicted molar refractivity (Wildman–Crippen MR) is 123 cm³/mol. The van der Waals surface area contributed by atoms with Crippen LogP contribution in [0, 0.1) is 17.8 Å². The van der Waals surface area contributed by atoms with Gasteiger partial charge in [-0.3, -0.25) is 0 Å². The number of nitrogens with one attached hydrogen (secondary N) is 2. The molecule has 5 atom stereocenters. The second kappa shape index (κ2) is 9.83. The van der Waals surface area contributed by atoms with Crippen molar-refractivity contribution in [3.05, 3.63) is 65.6 Å². The first-order valence-electron chi connectivity index (χ1n) is 10.9. The molecule has 1 aliphatic heterocycles. The Morgan fingerprint density at radius 1 is 1.31 bits per heavy atom. The second-order valence-corrected chi connectivity index (χ2v) is 10.6. The first-order chi connectivity index (χ1) is 15.0. The number of hydrogen-bond donors (Lipinski definition) is 2. The van der Waals surface area contributed by atoms with Crippen molar-refractivity contribution in [2.24, 2.45) is 17.8 Å². The van der Waals surface area contributed by atoms with Gasteiger partial charge in [0.15, 0.2) is 0 Å². The number of halogens is 3. The predicted octanol–water partition coefficient (Wildman–Crippen LogP) is 5.83. The quantitative estimate of drug-likeness (QED) is 0.505. The third-order valence-electron chi connectivity index (χ3n) is 6.62. The first-order valence-corrected chi connectivity index (χ1v) is 12.5. The van der Waals surface area contributed by atoms with E-state index in [0.717, 1.165) is 36.4 Å². The number of fused-ring (bicyclic) bond motifs is 1. The molecule has 0 saturated heterocycles. The van der Waals surface area contributed by atoms with E-state index in [1.54, 1.807) is 6.07 Å². The minimum atomic E-state index is -4.38. The zero-order valence-corrected chi connectivity index (χ0v) is 19.2. The average molecular weight is 469 g/mol. The van der Waals surface area contributed by atoms with Gasteiger partial charge < -0.3 is 5.32 Å². The summed E-state index contributed by atoms with van der Waals surface area (Å²) in [4.78, 5) is 0. The van der Waals surface area contributed by atoms with Crippen LogP contribution in [-0.4, -0.2) is 21.0 Å². The van der Waals surface area contributed by atoms with Crippen LogP contribution < -0.4 is 10.0 Å². The number of sulfonamides is 1. The van der Waals surface area contributed by atoms with E-state index in [1.165, 1.54) is 6.07 Å². The maximum Gasteiger partial charge on any atom is 0.416 e. The summed E-state index contributed by atoms with van der Waals surface area (Å²) in [7, 11) is -3.48. The molecule has 0 radical (unpaired) electrons. The van der Waals surface area contributed by atoms with Gasteiger partial charge in [0, 0.05) is 29.6 Å². The van der Waals surface area contributed by atoms with E-state index < -0.39 is 21.8 Å². The van der Waals surface area contributed by atoms with Gasteiger partial charge in [-0.15, -0.1) is 0 Å². The van der Waals surface area contributed by atoms with Gasteiger partial charge in [0.25, 0.3) is 0 Å². The van der Waals surface area contributed by atoms with Gasteiger partial charge in [0.1, 0.15) is 0 Å². The highest BCUT2D eigenvalue weighted by atomic mass is 32.2. The van der Waals surface area contributed by atoms with Crippen LogP contribution in [0.15, 0.2) is 54.5 Å². The summed E-state index contributed by atoms with van der Waals surface area (Å²) < 4.78 is 65.7. The Morgan fingerprint density at radius 2 is 2.06 bits per heavy atom. The van der Waals surface area contributed by atoms with Crippen LogP contribution >= 0.6 is 0 Å². The van der Waals surface area contributed by atoms with Crippen LogP contribution in [0.3, 0.4) is 0 Å². The molecule has 1 aromatic rings. The topological polar surface area (TPSA) is 58.2 Å². The van der Waals surface area contributed by atoms with Crippen molar-refractivity contribution >= 4 is 15.7 Å². The number of alkyl halides is 3. The monoisotopic (exact) mass is 468 g/mol. The molecule has 32 heavy (non-hydrogen) atoms. The van der Waals surface area contributed by atoms with E-state index in [4.69, 9.17) is 0 Å². The van der Waals surface area contributed by atoms with Crippen LogP contribution in [-0.2, 0) is 16.2 Å². The van der Waals surface area contributed by atoms with Crippen LogP contribution in [0.5, 0.6) is 0 Å². The van der Waals surface area contributed by atoms with E-state index in [0.29, 0.717) is 12.1 Å². The maximum atomic E-state index is 13.3. The summed E-state index contributed by atoms with van der Waals surface area (Å²) in [5.41, 5.74) is 0.827. The van der Waals surface area contributed by atoms with Gasteiger partial charge in [-0.05, 0) is 60.8 Å². The van der Waals surface area contributed by atoms with Crippen LogP contribution in [0.4, 0.5) is 18.9 Å². The van der Waals surface area contributed by atoms with E-state index in [1.807, 2.05) is 26.0 Å². The summed E-state index contributed by atoms with van der Waals surface area (Å²) in [6.07, 6.45) is 6.34. The Labute approximate surface area is 188 Å². The molecular formula is C24H31F3N2O2S. The molecule has 0 spiro atoms. The SMILES string of the molecule is C=CS(=O)(=O)NC[C@H](C)CC[C@@H]1C(C)c2cc(C(F)(F)F)ccc2N[C@H]1C1C=CC=CC1. The smallest absolute Gasteiger partial charge is 0.381 e. The fourth-order valence-electron chi connectivity index (χ4n) is 4.69. The van der Waals surface area contributed by atoms with Crippen molar-refractivity contribution in [3.63, 3.8) is 0 Å². The number of rotatable bonds is 8. The van der Waals surface area contributed by atoms with Crippen molar-refractivity contribution in [2.45, 2.75) is 51.2 Å². The summed E-state index contributed by atoms with van der Waals surface area (Å²) in [6, 6.07) is 4.05. The first kappa shape index (κ1) is 24.6. The molecule has 0 amide bonds. The Morgan fingerprint density at radius 3 is 2.69 bits per heavy atom. The largest absolute Gasteiger partial charge is 0.416 e. The number of anilines is 1. The standard InChI is InChI=1S/C24H31F3N2O2S/c1-4-32(30,31)28-15-16(2)10-12-20-17(3)21-14-19(24(25,26)27)11-13-22(21)29-23(20)18-8-6-5-7-9-18/h4-8,11,13-14,16-18,20,23,28-29H,1,9-10,12,15H2,2-3H3/t16-,17?,18?,20-,23+/m1/s1. The van der Waals surface area contributed by atoms with Gasteiger partial charge >= 0.3 is 6.18 Å². The lowest BCUT2D eigenvalue weighted by molar-refractivity contribution is -0.137. The molecule has 0 bridgehead atoms. The highest BCUT2D eigenvalue weighted by Gasteiger charge is 2.39. The zero-order chi connectivity index (χ0) is 23.5. The molecule has 3 rings (SSSR count). The fraction of sp³-hybridized carbons (Fsp3) is 0.500. The highest BCUT2D eigenvalue weighted by Crippen LogP contribution is 2.45. The third-order valence-corrected chi connectivity index (χ3v) is 7.62. The number of hydrogen-bond acceptors (Lipinski definition) is 3. The third kappa shape index (κ3) is 5.84. The lowest BCUT2D eigenvalue weighted by Crippen LogP contribution is -2.42. The normalized spacial score (nSPS) is 26.3. The van der Waals surface area contributed by atoms with Crippen molar-refractivity contribution in [3.8, 4) is 0 Å². The summed E-state index contributed by atoms with van der Waals surface area (Å²) in [6.45, 7) is 7.57. The van der Waals surface area contributed by atoms with Crippen molar-refractivity contribution in [2.75, 3.05) is 11.9 Å². The van der Waals surface area contributed by atoms with Gasteiger partial charge in [0.2, 0.25) is 10.0 Å². The summed E-state index contributed by atoms with van der Waals surface area (Å²) in [5.74, 6) is 0.389. The Bertz CT molecular complexity index is 985. The van der Waals surface area contributed by atoms with Crippen molar-refractivity contribution < 1.29 is 21.6 Å². The molecular weight excluding hydrogens is 437 g/mol. The molecule has 1 heterocycles. The summed E-state index contributed by atoms with van der Waals surface area (Å²) in [5, 5.41) is 4.43. The second-order valence-electron chi connectivity index (χ2n) is 8.88. The minimum Gasteiger partial charge on any atom is -0.381 e. The molecule has 176 valence electrons. The van der Waals surface area contributed by atoms with Crippen LogP contribution in [0.1, 0.15) is 50.2 Å². The molecule has 2 unspecified atom stereocenters. The molecule has 2 N–H and O–H groups in total. The van der Waals surface area contributed by atoms with Gasteiger partial charge in [-0.1, -0.05) is 44.7 Å². The fourth-order valence-corrected chi connectivity index (χ4v) is 5.33. The van der Waals surface area contributed by atoms with Crippen LogP contribution in [0.25, 0.3) is 0 Å². The summed E-state index contributed by atoms with van der Waals surface area (Å²) >= 11 is 0. The van der Waals surface area contributed by atoms with E-state index >= 15 is 0 Å². The molecule has 4 nitrogen and oxygen atoms in total. The zero-order valence-electron chi connectivity index (χ0n) is 18.4. The van der Waals surface area contributed by atoms with E-state index in [-0.39, 0.29) is 29.7 Å². The van der Waals surface area contributed by atoms with E-state index in [9.17, 15) is 21.6 Å². The average Bonchev–Trinajstić information content (AvgIpc) is 2.76. The molecule has 0 aromatic heterocycles. The molecule has 0 fully saturated rings. The molecule has 2 aliphatic rings. The Hall–Kier alpha value is -2.06. The van der Waals surface area contributed by atoms with Crippen molar-refractivity contribution in [1.82, 2.24) is 4.72 Å². The maximum absolute atomic E-state index is 13.3.